The molecule has 2 rings (SSSR count). The van der Waals surface area contributed by atoms with Crippen LogP contribution in [-0.2, 0) is 6.54 Å². The van der Waals surface area contributed by atoms with E-state index in [1.807, 2.05) is 24.3 Å². The monoisotopic (exact) mass is 219 g/mol. The van der Waals surface area contributed by atoms with Crippen molar-refractivity contribution in [1.82, 2.24) is 25.9 Å². The normalized spacial score (nSPS) is 10.0. The summed E-state index contributed by atoms with van der Waals surface area (Å²) in [6, 6.07) is 7.27. The quantitative estimate of drug-likeness (QED) is 0.702. The third-order valence-corrected chi connectivity index (χ3v) is 2.03. The van der Waals surface area contributed by atoms with Crippen LogP contribution < -0.4 is 5.32 Å². The van der Waals surface area contributed by atoms with Gasteiger partial charge in [0.1, 0.15) is 0 Å². The van der Waals surface area contributed by atoms with Crippen LogP contribution in [0.25, 0.3) is 11.4 Å². The molecule has 1 heterocycles. The molecule has 16 heavy (non-hydrogen) atoms. The Morgan fingerprint density at radius 2 is 2.25 bits per heavy atom. The number of nitrogens with zero attached hydrogens (tertiary/aromatic N) is 3. The van der Waals surface area contributed by atoms with Crippen molar-refractivity contribution < 1.29 is 9.90 Å². The molecule has 82 valence electrons. The van der Waals surface area contributed by atoms with Crippen molar-refractivity contribution in [2.45, 2.75) is 6.54 Å². The minimum atomic E-state index is -1.07. The summed E-state index contributed by atoms with van der Waals surface area (Å²) in [4.78, 5) is 10.4. The second-order valence-electron chi connectivity index (χ2n) is 3.05. The summed E-state index contributed by atoms with van der Waals surface area (Å²) in [5.41, 5.74) is 1.55. The van der Waals surface area contributed by atoms with Crippen molar-refractivity contribution in [3.05, 3.63) is 29.8 Å². The van der Waals surface area contributed by atoms with Crippen LogP contribution in [0.5, 0.6) is 0 Å². The summed E-state index contributed by atoms with van der Waals surface area (Å²) in [6.07, 6.45) is -1.07. The van der Waals surface area contributed by atoms with Gasteiger partial charge in [0.2, 0.25) is 5.82 Å². The Labute approximate surface area is 90.5 Å². The van der Waals surface area contributed by atoms with E-state index in [2.05, 4.69) is 25.9 Å². The number of hydrogen-bond acceptors (Lipinski definition) is 4. The molecular weight excluding hydrogens is 210 g/mol. The van der Waals surface area contributed by atoms with Gasteiger partial charge >= 0.3 is 6.09 Å². The standard InChI is InChI=1S/C9H9N5O2/c15-9(16)10-5-6-3-1-2-4-7(6)8-11-13-14-12-8/h1-4,10H,5H2,(H,15,16)(H,11,12,13,14). The molecule has 7 heteroatoms. The lowest BCUT2D eigenvalue weighted by Crippen LogP contribution is -2.20. The Balaban J connectivity index is 2.27. The molecule has 0 aliphatic heterocycles. The fourth-order valence-corrected chi connectivity index (χ4v) is 1.34. The maximum atomic E-state index is 10.4. The Kier molecular flexibility index (Phi) is 2.77. The van der Waals surface area contributed by atoms with Crippen LogP contribution in [0.1, 0.15) is 5.56 Å². The topological polar surface area (TPSA) is 104 Å². The first-order valence-electron chi connectivity index (χ1n) is 4.56. The van der Waals surface area contributed by atoms with Gasteiger partial charge in [-0.05, 0) is 10.8 Å². The number of carboxylic acid groups (broad SMARTS) is 1. The van der Waals surface area contributed by atoms with Crippen LogP contribution in [0.2, 0.25) is 0 Å². The Bertz CT molecular complexity index is 482. The van der Waals surface area contributed by atoms with Crippen LogP contribution in [0.4, 0.5) is 4.79 Å². The number of H-pyrrole nitrogens is 1. The molecule has 2 aromatic rings. The summed E-state index contributed by atoms with van der Waals surface area (Å²) >= 11 is 0. The number of amides is 1. The lowest BCUT2D eigenvalue weighted by Gasteiger charge is -2.05. The van der Waals surface area contributed by atoms with Crippen molar-refractivity contribution in [2.24, 2.45) is 0 Å². The van der Waals surface area contributed by atoms with Gasteiger partial charge in [0.05, 0.1) is 0 Å². The molecular formula is C9H9N5O2. The van der Waals surface area contributed by atoms with Gasteiger partial charge in [-0.2, -0.15) is 5.21 Å². The molecule has 0 atom stereocenters. The number of benzene rings is 1. The fraction of sp³-hybridized carbons (Fsp3) is 0.111. The van der Waals surface area contributed by atoms with Gasteiger partial charge in [-0.3, -0.25) is 0 Å². The molecule has 0 bridgehead atoms. The number of carbonyl (C=O) groups is 1. The van der Waals surface area contributed by atoms with Crippen LogP contribution in [0, 0.1) is 0 Å². The largest absolute Gasteiger partial charge is 0.465 e. The number of aromatic nitrogens is 4. The second-order valence-corrected chi connectivity index (χ2v) is 3.05. The predicted octanol–water partition coefficient (Wildman–Crippen LogP) is 0.634. The fourth-order valence-electron chi connectivity index (χ4n) is 1.34. The van der Waals surface area contributed by atoms with E-state index in [0.717, 1.165) is 11.1 Å². The van der Waals surface area contributed by atoms with Gasteiger partial charge in [0, 0.05) is 12.1 Å². The molecule has 0 radical (unpaired) electrons. The number of nitrogens with one attached hydrogen (secondary N) is 2. The molecule has 0 aliphatic carbocycles. The molecule has 0 spiro atoms. The molecule has 0 saturated carbocycles. The Morgan fingerprint density at radius 1 is 1.44 bits per heavy atom. The second kappa shape index (κ2) is 4.39. The van der Waals surface area contributed by atoms with E-state index in [1.54, 1.807) is 0 Å². The van der Waals surface area contributed by atoms with Gasteiger partial charge in [0.15, 0.2) is 0 Å². The van der Waals surface area contributed by atoms with E-state index in [-0.39, 0.29) is 6.54 Å². The predicted molar refractivity (Wildman–Crippen MR) is 54.5 cm³/mol. The number of hydrogen-bond donors (Lipinski definition) is 3. The number of aromatic amines is 1. The van der Waals surface area contributed by atoms with Crippen LogP contribution >= 0.6 is 0 Å². The molecule has 1 aromatic heterocycles. The average molecular weight is 219 g/mol. The molecule has 3 N–H and O–H groups in total. The highest BCUT2D eigenvalue weighted by Gasteiger charge is 2.08. The van der Waals surface area contributed by atoms with Crippen LogP contribution in [-0.4, -0.2) is 31.8 Å². The van der Waals surface area contributed by atoms with Crippen molar-refractivity contribution in [3.63, 3.8) is 0 Å². The maximum absolute atomic E-state index is 10.4. The summed E-state index contributed by atoms with van der Waals surface area (Å²) in [6.45, 7) is 0.208. The first kappa shape index (κ1) is 10.1. The van der Waals surface area contributed by atoms with Gasteiger partial charge in [0.25, 0.3) is 0 Å². The molecule has 0 unspecified atom stereocenters. The first-order valence-corrected chi connectivity index (χ1v) is 4.56. The van der Waals surface area contributed by atoms with E-state index in [1.165, 1.54) is 0 Å². The average Bonchev–Trinajstić information content (AvgIpc) is 2.80. The van der Waals surface area contributed by atoms with Crippen LogP contribution in [0.3, 0.4) is 0 Å². The first-order chi connectivity index (χ1) is 7.77. The van der Waals surface area contributed by atoms with E-state index in [4.69, 9.17) is 5.11 Å². The van der Waals surface area contributed by atoms with Crippen LogP contribution in [0.15, 0.2) is 24.3 Å². The number of rotatable bonds is 3. The highest BCUT2D eigenvalue weighted by Crippen LogP contribution is 2.18. The van der Waals surface area contributed by atoms with E-state index in [0.29, 0.717) is 5.82 Å². The van der Waals surface area contributed by atoms with Crippen molar-refractivity contribution >= 4 is 6.09 Å². The molecule has 0 saturated heterocycles. The summed E-state index contributed by atoms with van der Waals surface area (Å²) in [5.74, 6) is 0.447. The summed E-state index contributed by atoms with van der Waals surface area (Å²) in [7, 11) is 0. The van der Waals surface area contributed by atoms with E-state index >= 15 is 0 Å². The highest BCUT2D eigenvalue weighted by molar-refractivity contribution is 5.66. The van der Waals surface area contributed by atoms with Gasteiger partial charge in [-0.1, -0.05) is 24.3 Å². The maximum Gasteiger partial charge on any atom is 0.404 e. The highest BCUT2D eigenvalue weighted by atomic mass is 16.4. The molecule has 1 aromatic carbocycles. The van der Waals surface area contributed by atoms with Crippen molar-refractivity contribution in [2.75, 3.05) is 0 Å². The van der Waals surface area contributed by atoms with Gasteiger partial charge in [-0.25, -0.2) is 4.79 Å². The van der Waals surface area contributed by atoms with E-state index in [9.17, 15) is 4.79 Å². The van der Waals surface area contributed by atoms with Gasteiger partial charge < -0.3 is 10.4 Å². The summed E-state index contributed by atoms with van der Waals surface area (Å²) < 4.78 is 0. The lowest BCUT2D eigenvalue weighted by atomic mass is 10.1. The van der Waals surface area contributed by atoms with Crippen molar-refractivity contribution in [1.29, 1.82) is 0 Å². The molecule has 0 fully saturated rings. The van der Waals surface area contributed by atoms with Gasteiger partial charge in [-0.15, -0.1) is 10.2 Å². The third kappa shape index (κ3) is 2.14. The number of tetrazole rings is 1. The zero-order valence-electron chi connectivity index (χ0n) is 8.21. The Hall–Kier alpha value is -2.44. The zero-order valence-corrected chi connectivity index (χ0v) is 8.21. The summed E-state index contributed by atoms with van der Waals surface area (Å²) in [5, 5.41) is 24.3. The SMILES string of the molecule is O=C(O)NCc1ccccc1-c1nn[nH]n1. The molecule has 7 nitrogen and oxygen atoms in total. The molecule has 0 aliphatic rings. The van der Waals surface area contributed by atoms with Crippen molar-refractivity contribution in [3.8, 4) is 11.4 Å². The zero-order chi connectivity index (χ0) is 11.4. The third-order valence-electron chi connectivity index (χ3n) is 2.03. The Morgan fingerprint density at radius 3 is 2.94 bits per heavy atom. The minimum Gasteiger partial charge on any atom is -0.465 e. The minimum absolute atomic E-state index is 0.208. The molecule has 1 amide bonds. The lowest BCUT2D eigenvalue weighted by molar-refractivity contribution is 0.194. The van der Waals surface area contributed by atoms with E-state index < -0.39 is 6.09 Å². The smallest absolute Gasteiger partial charge is 0.404 e.